The first-order chi connectivity index (χ1) is 16.3. The number of urea groups is 1. The van der Waals surface area contributed by atoms with Gasteiger partial charge in [0.15, 0.2) is 0 Å². The zero-order valence-corrected chi connectivity index (χ0v) is 19.7. The van der Waals surface area contributed by atoms with Crippen molar-refractivity contribution in [3.05, 3.63) is 65.2 Å². The van der Waals surface area contributed by atoms with Gasteiger partial charge in [0, 0.05) is 45.5 Å². The normalized spacial score (nSPS) is 18.6. The van der Waals surface area contributed by atoms with Crippen LogP contribution in [0.3, 0.4) is 0 Å². The van der Waals surface area contributed by atoms with E-state index < -0.39 is 11.7 Å². The average molecular weight is 475 g/mol. The molecule has 0 bridgehead atoms. The van der Waals surface area contributed by atoms with E-state index in [9.17, 15) is 18.0 Å². The lowest BCUT2D eigenvalue weighted by Gasteiger charge is -2.36. The van der Waals surface area contributed by atoms with Crippen molar-refractivity contribution in [1.82, 2.24) is 15.1 Å². The van der Waals surface area contributed by atoms with Crippen LogP contribution in [-0.4, -0.2) is 62.1 Å². The number of alkyl halides is 3. The fraction of sp³-hybridized carbons (Fsp3) is 0.500. The molecule has 1 fully saturated rings. The predicted octanol–water partition coefficient (Wildman–Crippen LogP) is 4.94. The number of nitrogens with one attached hydrogen (secondary N) is 1. The van der Waals surface area contributed by atoms with Crippen molar-refractivity contribution < 1.29 is 18.0 Å². The molecular formula is C26H33F3N4O. The number of benzene rings is 2. The summed E-state index contributed by atoms with van der Waals surface area (Å²) in [5.41, 5.74) is 2.62. The lowest BCUT2D eigenvalue weighted by Crippen LogP contribution is -2.46. The number of hydrogen-bond acceptors (Lipinski definition) is 3. The van der Waals surface area contributed by atoms with E-state index >= 15 is 0 Å². The number of carbonyl (C=O) groups is 1. The molecule has 1 saturated heterocycles. The van der Waals surface area contributed by atoms with Crippen LogP contribution in [0, 0.1) is 0 Å². The summed E-state index contributed by atoms with van der Waals surface area (Å²) in [6.45, 7) is 4.65. The van der Waals surface area contributed by atoms with Crippen LogP contribution in [0.25, 0.3) is 0 Å². The van der Waals surface area contributed by atoms with Gasteiger partial charge in [0.05, 0.1) is 11.6 Å². The van der Waals surface area contributed by atoms with Crippen molar-refractivity contribution in [2.24, 2.45) is 0 Å². The Morgan fingerprint density at radius 3 is 2.59 bits per heavy atom. The number of piperazine rings is 1. The van der Waals surface area contributed by atoms with E-state index in [1.54, 1.807) is 6.07 Å². The van der Waals surface area contributed by atoms with Gasteiger partial charge in [-0.3, -0.25) is 4.90 Å². The van der Waals surface area contributed by atoms with Crippen LogP contribution in [0.15, 0.2) is 48.5 Å². The number of nitrogens with zero attached hydrogens (tertiary/aromatic N) is 3. The standard InChI is InChI=1S/C26H33F3N4O/c1-31(24-12-11-20-7-2-3-10-23(20)24)25(34)30-13-4-5-14-32-15-17-33(18-16-32)22-9-6-8-21(19-22)26(27,28)29/h2-3,6-10,19,24H,4-5,11-18H2,1H3,(H,30,34). The molecule has 0 spiro atoms. The molecule has 4 rings (SSSR count). The Morgan fingerprint density at radius 2 is 1.82 bits per heavy atom. The monoisotopic (exact) mass is 474 g/mol. The molecule has 0 radical (unpaired) electrons. The number of anilines is 1. The van der Waals surface area contributed by atoms with Crippen LogP contribution in [0.4, 0.5) is 23.7 Å². The van der Waals surface area contributed by atoms with Crippen LogP contribution in [0.5, 0.6) is 0 Å². The Bertz CT molecular complexity index is 973. The van der Waals surface area contributed by atoms with E-state index in [0.717, 1.165) is 51.4 Å². The minimum Gasteiger partial charge on any atom is -0.369 e. The second-order valence-electron chi connectivity index (χ2n) is 9.18. The molecule has 0 saturated carbocycles. The topological polar surface area (TPSA) is 38.8 Å². The number of amides is 2. The fourth-order valence-corrected chi connectivity index (χ4v) is 4.97. The molecule has 1 heterocycles. The zero-order chi connectivity index (χ0) is 24.1. The Kier molecular flexibility index (Phi) is 7.66. The third kappa shape index (κ3) is 5.84. The minimum atomic E-state index is -4.32. The van der Waals surface area contributed by atoms with Gasteiger partial charge in [-0.1, -0.05) is 30.3 Å². The quantitative estimate of drug-likeness (QED) is 0.578. The Hall–Kier alpha value is -2.74. The number of fused-ring (bicyclic) bond motifs is 1. The van der Waals surface area contributed by atoms with Crippen LogP contribution < -0.4 is 10.2 Å². The number of aryl methyl sites for hydroxylation is 1. The first-order valence-corrected chi connectivity index (χ1v) is 12.1. The van der Waals surface area contributed by atoms with Gasteiger partial charge >= 0.3 is 12.2 Å². The number of halogens is 3. The summed E-state index contributed by atoms with van der Waals surface area (Å²) in [6.07, 6.45) is -0.465. The van der Waals surface area contributed by atoms with E-state index in [1.165, 1.54) is 23.3 Å². The first kappa shape index (κ1) is 24.4. The smallest absolute Gasteiger partial charge is 0.369 e. The molecule has 1 atom stereocenters. The third-order valence-electron chi connectivity index (χ3n) is 6.98. The number of hydrogen-bond donors (Lipinski definition) is 1. The van der Waals surface area contributed by atoms with Crippen LogP contribution in [-0.2, 0) is 12.6 Å². The average Bonchev–Trinajstić information content (AvgIpc) is 3.27. The predicted molar refractivity (Wildman–Crippen MR) is 128 cm³/mol. The van der Waals surface area contributed by atoms with Gasteiger partial charge in [0.1, 0.15) is 0 Å². The van der Waals surface area contributed by atoms with Gasteiger partial charge in [-0.25, -0.2) is 4.79 Å². The maximum atomic E-state index is 13.0. The van der Waals surface area contributed by atoms with E-state index in [2.05, 4.69) is 22.3 Å². The molecule has 0 aromatic heterocycles. The maximum absolute atomic E-state index is 13.0. The largest absolute Gasteiger partial charge is 0.416 e. The number of rotatable bonds is 7. The summed E-state index contributed by atoms with van der Waals surface area (Å²) in [5, 5.41) is 3.04. The summed E-state index contributed by atoms with van der Waals surface area (Å²) in [5.74, 6) is 0. The van der Waals surface area contributed by atoms with Gasteiger partial charge in [-0.2, -0.15) is 13.2 Å². The second kappa shape index (κ2) is 10.7. The molecule has 34 heavy (non-hydrogen) atoms. The van der Waals surface area contributed by atoms with Crippen molar-refractivity contribution >= 4 is 11.7 Å². The molecule has 2 aliphatic rings. The van der Waals surface area contributed by atoms with Crippen LogP contribution in [0.2, 0.25) is 0 Å². The molecular weight excluding hydrogens is 441 g/mol. The lowest BCUT2D eigenvalue weighted by atomic mass is 10.1. The molecule has 2 aromatic rings. The summed E-state index contributed by atoms with van der Waals surface area (Å²) < 4.78 is 38.9. The van der Waals surface area contributed by atoms with Gasteiger partial charge in [0.2, 0.25) is 0 Å². The number of unbranched alkanes of at least 4 members (excludes halogenated alkanes) is 1. The third-order valence-corrected chi connectivity index (χ3v) is 6.98. The lowest BCUT2D eigenvalue weighted by molar-refractivity contribution is -0.137. The Labute approximate surface area is 199 Å². The van der Waals surface area contributed by atoms with Crippen molar-refractivity contribution in [2.45, 2.75) is 37.9 Å². The van der Waals surface area contributed by atoms with E-state index in [0.29, 0.717) is 25.3 Å². The molecule has 8 heteroatoms. The fourth-order valence-electron chi connectivity index (χ4n) is 4.97. The Balaban J connectivity index is 1.13. The molecule has 1 aliphatic heterocycles. The molecule has 2 aromatic carbocycles. The SMILES string of the molecule is CN(C(=O)NCCCCN1CCN(c2cccc(C(F)(F)F)c2)CC1)C1CCc2ccccc21. The van der Waals surface area contributed by atoms with Gasteiger partial charge in [-0.15, -0.1) is 0 Å². The van der Waals surface area contributed by atoms with Gasteiger partial charge < -0.3 is 15.1 Å². The molecule has 1 aliphatic carbocycles. The maximum Gasteiger partial charge on any atom is 0.416 e. The molecule has 1 N–H and O–H groups in total. The van der Waals surface area contributed by atoms with Gasteiger partial charge in [-0.05, 0) is 61.6 Å². The van der Waals surface area contributed by atoms with Crippen molar-refractivity contribution in [3.63, 3.8) is 0 Å². The van der Waals surface area contributed by atoms with Crippen molar-refractivity contribution in [2.75, 3.05) is 51.2 Å². The first-order valence-electron chi connectivity index (χ1n) is 12.1. The molecule has 5 nitrogen and oxygen atoms in total. The summed E-state index contributed by atoms with van der Waals surface area (Å²) in [6, 6.07) is 14.0. The van der Waals surface area contributed by atoms with Crippen LogP contribution in [0.1, 0.15) is 42.0 Å². The highest BCUT2D eigenvalue weighted by molar-refractivity contribution is 5.74. The van der Waals surface area contributed by atoms with E-state index in [4.69, 9.17) is 0 Å². The van der Waals surface area contributed by atoms with Crippen molar-refractivity contribution in [1.29, 1.82) is 0 Å². The van der Waals surface area contributed by atoms with Crippen molar-refractivity contribution in [3.8, 4) is 0 Å². The summed E-state index contributed by atoms with van der Waals surface area (Å²) >= 11 is 0. The number of carbonyl (C=O) groups excluding carboxylic acids is 1. The second-order valence-corrected chi connectivity index (χ2v) is 9.18. The highest BCUT2D eigenvalue weighted by atomic mass is 19.4. The molecule has 1 unspecified atom stereocenters. The highest BCUT2D eigenvalue weighted by Crippen LogP contribution is 2.35. The summed E-state index contributed by atoms with van der Waals surface area (Å²) in [7, 11) is 1.87. The van der Waals surface area contributed by atoms with E-state index in [-0.39, 0.29) is 12.1 Å². The van der Waals surface area contributed by atoms with E-state index in [1.807, 2.05) is 29.0 Å². The molecule has 2 amide bonds. The zero-order valence-electron chi connectivity index (χ0n) is 19.7. The van der Waals surface area contributed by atoms with Crippen LogP contribution >= 0.6 is 0 Å². The Morgan fingerprint density at radius 1 is 1.06 bits per heavy atom. The molecule has 184 valence electrons. The van der Waals surface area contributed by atoms with Gasteiger partial charge in [0.25, 0.3) is 0 Å². The summed E-state index contributed by atoms with van der Waals surface area (Å²) in [4.78, 5) is 18.8. The minimum absolute atomic E-state index is 0.0311. The highest BCUT2D eigenvalue weighted by Gasteiger charge is 2.31.